The van der Waals surface area contributed by atoms with E-state index in [1.807, 2.05) is 22.9 Å². The van der Waals surface area contributed by atoms with E-state index in [0.717, 1.165) is 23.3 Å². The number of hydrogen-bond donors (Lipinski definition) is 2. The molecule has 3 heterocycles. The van der Waals surface area contributed by atoms with Gasteiger partial charge in [0.25, 0.3) is 5.56 Å². The molecule has 1 amide bonds. The van der Waals surface area contributed by atoms with E-state index in [4.69, 9.17) is 0 Å². The maximum Gasteiger partial charge on any atom is 0.260 e. The summed E-state index contributed by atoms with van der Waals surface area (Å²) in [4.78, 5) is 34.0. The van der Waals surface area contributed by atoms with Crippen LogP contribution in [0.15, 0.2) is 32.8 Å². The lowest BCUT2D eigenvalue weighted by atomic mass is 10.1. The van der Waals surface area contributed by atoms with Crippen molar-refractivity contribution in [1.82, 2.24) is 15.3 Å². The van der Waals surface area contributed by atoms with Gasteiger partial charge in [-0.3, -0.25) is 9.59 Å². The summed E-state index contributed by atoms with van der Waals surface area (Å²) in [5.74, 6) is 0.286. The molecule has 0 spiro atoms. The maximum absolute atomic E-state index is 12.6. The van der Waals surface area contributed by atoms with Gasteiger partial charge in [-0.25, -0.2) is 4.98 Å². The van der Waals surface area contributed by atoms with Crippen LogP contribution in [0.2, 0.25) is 0 Å². The summed E-state index contributed by atoms with van der Waals surface area (Å²) < 4.78 is 0. The molecule has 0 radical (unpaired) electrons. The lowest BCUT2D eigenvalue weighted by molar-refractivity contribution is -0.119. The van der Waals surface area contributed by atoms with Crippen LogP contribution in [0.3, 0.4) is 0 Å². The first-order valence-corrected chi connectivity index (χ1v) is 11.9. The van der Waals surface area contributed by atoms with Crippen molar-refractivity contribution in [2.75, 3.05) is 5.75 Å². The van der Waals surface area contributed by atoms with Crippen LogP contribution in [0.25, 0.3) is 20.7 Å². The van der Waals surface area contributed by atoms with Gasteiger partial charge >= 0.3 is 0 Å². The fourth-order valence-electron chi connectivity index (χ4n) is 3.44. The zero-order valence-corrected chi connectivity index (χ0v) is 17.3. The highest BCUT2D eigenvalue weighted by molar-refractivity contribution is 7.99. The number of thiophene rings is 2. The van der Waals surface area contributed by atoms with E-state index in [1.165, 1.54) is 48.8 Å². The number of nitrogens with one attached hydrogen (secondary N) is 2. The number of aromatic amines is 1. The molecule has 27 heavy (non-hydrogen) atoms. The molecule has 3 aromatic rings. The molecule has 1 saturated carbocycles. The summed E-state index contributed by atoms with van der Waals surface area (Å²) in [6.07, 6.45) is 7.04. The Hall–Kier alpha value is -1.64. The Kier molecular flexibility index (Phi) is 5.95. The molecule has 0 aromatic carbocycles. The van der Waals surface area contributed by atoms with Crippen molar-refractivity contribution in [3.63, 3.8) is 0 Å². The molecular weight excluding hydrogens is 398 g/mol. The van der Waals surface area contributed by atoms with E-state index >= 15 is 0 Å². The number of rotatable bonds is 5. The van der Waals surface area contributed by atoms with Gasteiger partial charge in [0.15, 0.2) is 5.16 Å². The Morgan fingerprint density at radius 2 is 2.07 bits per heavy atom. The molecule has 0 saturated heterocycles. The van der Waals surface area contributed by atoms with Gasteiger partial charge in [0.1, 0.15) is 4.83 Å². The SMILES string of the molecule is O=C(CSc1nc2scc(-c3cccs3)c2c(=O)[nH]1)NC1CCCCCC1. The van der Waals surface area contributed by atoms with Crippen molar-refractivity contribution in [2.24, 2.45) is 0 Å². The van der Waals surface area contributed by atoms with Crippen LogP contribution in [-0.4, -0.2) is 27.7 Å². The minimum atomic E-state index is -0.142. The number of nitrogens with zero attached hydrogens (tertiary/aromatic N) is 1. The number of amides is 1. The molecule has 8 heteroatoms. The third kappa shape index (κ3) is 4.44. The Morgan fingerprint density at radius 1 is 1.26 bits per heavy atom. The number of aromatic nitrogens is 2. The fraction of sp³-hybridized carbons (Fsp3) is 0.421. The Bertz CT molecular complexity index is 970. The third-order valence-electron chi connectivity index (χ3n) is 4.77. The Labute approximate surface area is 169 Å². The van der Waals surface area contributed by atoms with Gasteiger partial charge in [-0.05, 0) is 24.3 Å². The molecule has 0 atom stereocenters. The second-order valence-corrected chi connectivity index (χ2v) is 9.49. The molecule has 5 nitrogen and oxygen atoms in total. The van der Waals surface area contributed by atoms with E-state index in [-0.39, 0.29) is 17.2 Å². The summed E-state index contributed by atoms with van der Waals surface area (Å²) in [7, 11) is 0. The van der Waals surface area contributed by atoms with Gasteiger partial charge in [0, 0.05) is 21.9 Å². The van der Waals surface area contributed by atoms with Crippen LogP contribution >= 0.6 is 34.4 Å². The van der Waals surface area contributed by atoms with Crippen LogP contribution in [0, 0.1) is 0 Å². The lowest BCUT2D eigenvalue weighted by Gasteiger charge is -2.15. The summed E-state index contributed by atoms with van der Waals surface area (Å²) in [5, 5.41) is 8.24. The van der Waals surface area contributed by atoms with Crippen molar-refractivity contribution < 1.29 is 4.79 Å². The standard InChI is InChI=1S/C19H21N3O2S3/c23-15(20-12-6-3-1-2-4-7-12)11-27-19-21-17(24)16-13(10-26-18(16)22-19)14-8-5-9-25-14/h5,8-10,12H,1-4,6-7,11H2,(H,20,23)(H,21,22,24). The highest BCUT2D eigenvalue weighted by Crippen LogP contribution is 2.34. The van der Waals surface area contributed by atoms with Gasteiger partial charge in [0.2, 0.25) is 5.91 Å². The zero-order chi connectivity index (χ0) is 18.6. The fourth-order valence-corrected chi connectivity index (χ4v) is 5.93. The minimum Gasteiger partial charge on any atom is -0.353 e. The van der Waals surface area contributed by atoms with Crippen molar-refractivity contribution in [1.29, 1.82) is 0 Å². The van der Waals surface area contributed by atoms with Crippen molar-refractivity contribution in [3.8, 4) is 10.4 Å². The number of hydrogen-bond acceptors (Lipinski definition) is 6. The van der Waals surface area contributed by atoms with Gasteiger partial charge in [0.05, 0.1) is 11.1 Å². The number of carbonyl (C=O) groups excluding carboxylic acids is 1. The van der Waals surface area contributed by atoms with Crippen molar-refractivity contribution in [3.05, 3.63) is 33.2 Å². The minimum absolute atomic E-state index is 0.0140. The molecule has 1 aliphatic rings. The lowest BCUT2D eigenvalue weighted by Crippen LogP contribution is -2.35. The predicted molar refractivity (Wildman–Crippen MR) is 114 cm³/mol. The monoisotopic (exact) mass is 419 g/mol. The number of carbonyl (C=O) groups is 1. The van der Waals surface area contributed by atoms with E-state index in [2.05, 4.69) is 15.3 Å². The van der Waals surface area contributed by atoms with Gasteiger partial charge in [-0.2, -0.15) is 0 Å². The molecule has 2 N–H and O–H groups in total. The van der Waals surface area contributed by atoms with Gasteiger partial charge in [-0.1, -0.05) is 43.5 Å². The normalized spacial score (nSPS) is 15.7. The third-order valence-corrected chi connectivity index (χ3v) is 7.42. The molecule has 1 aliphatic carbocycles. The maximum atomic E-state index is 12.6. The second-order valence-electron chi connectivity index (χ2n) is 6.72. The van der Waals surface area contributed by atoms with E-state index in [1.54, 1.807) is 11.3 Å². The molecule has 1 fully saturated rings. The van der Waals surface area contributed by atoms with Crippen molar-refractivity contribution >= 4 is 50.6 Å². The summed E-state index contributed by atoms with van der Waals surface area (Å²) >= 11 is 4.36. The van der Waals surface area contributed by atoms with Crippen molar-refractivity contribution in [2.45, 2.75) is 49.7 Å². The molecule has 3 aromatic heterocycles. The van der Waals surface area contributed by atoms with Gasteiger partial charge < -0.3 is 10.3 Å². The van der Waals surface area contributed by atoms with Crippen LogP contribution in [0.1, 0.15) is 38.5 Å². The number of fused-ring (bicyclic) bond motifs is 1. The number of H-pyrrole nitrogens is 1. The first kappa shape index (κ1) is 18.7. The topological polar surface area (TPSA) is 74.8 Å². The Balaban J connectivity index is 1.43. The first-order valence-electron chi connectivity index (χ1n) is 9.18. The molecule has 0 unspecified atom stereocenters. The van der Waals surface area contributed by atoms with Crippen LogP contribution in [-0.2, 0) is 4.79 Å². The van der Waals surface area contributed by atoms with Crippen LogP contribution < -0.4 is 10.9 Å². The highest BCUT2D eigenvalue weighted by Gasteiger charge is 2.17. The second kappa shape index (κ2) is 8.58. The average molecular weight is 420 g/mol. The van der Waals surface area contributed by atoms with Gasteiger partial charge in [-0.15, -0.1) is 22.7 Å². The van der Waals surface area contributed by atoms with E-state index < -0.39 is 0 Å². The molecule has 0 aliphatic heterocycles. The van der Waals surface area contributed by atoms with Crippen LogP contribution in [0.5, 0.6) is 0 Å². The summed E-state index contributed by atoms with van der Waals surface area (Å²) in [5.41, 5.74) is 0.790. The zero-order valence-electron chi connectivity index (χ0n) is 14.8. The highest BCUT2D eigenvalue weighted by atomic mass is 32.2. The molecule has 0 bridgehead atoms. The molecule has 142 valence electrons. The molecule has 4 rings (SSSR count). The Morgan fingerprint density at radius 3 is 2.81 bits per heavy atom. The number of thioether (sulfide) groups is 1. The van der Waals surface area contributed by atoms with Crippen LogP contribution in [0.4, 0.5) is 0 Å². The molecular formula is C19H21N3O2S3. The first-order chi connectivity index (χ1) is 13.2. The van der Waals surface area contributed by atoms with E-state index in [0.29, 0.717) is 21.4 Å². The smallest absolute Gasteiger partial charge is 0.260 e. The predicted octanol–water partition coefficient (Wildman–Crippen LogP) is 4.64. The van der Waals surface area contributed by atoms with E-state index in [9.17, 15) is 9.59 Å². The quantitative estimate of drug-likeness (QED) is 0.359. The summed E-state index contributed by atoms with van der Waals surface area (Å²) in [6, 6.07) is 4.27. The summed E-state index contributed by atoms with van der Waals surface area (Å²) in [6.45, 7) is 0. The average Bonchev–Trinajstić information content (AvgIpc) is 3.26. The largest absolute Gasteiger partial charge is 0.353 e.